The molecule has 1 aliphatic rings. The van der Waals surface area contributed by atoms with Crippen molar-refractivity contribution in [2.45, 2.75) is 18.8 Å². The van der Waals surface area contributed by atoms with Crippen LogP contribution in [0.3, 0.4) is 0 Å². The van der Waals surface area contributed by atoms with Crippen LogP contribution in [0.1, 0.15) is 17.0 Å². The molecule has 20 heavy (non-hydrogen) atoms. The molecule has 0 atom stereocenters. The van der Waals surface area contributed by atoms with Crippen LogP contribution in [0.2, 0.25) is 5.02 Å². The van der Waals surface area contributed by atoms with Gasteiger partial charge in [-0.15, -0.1) is 0 Å². The lowest BCUT2D eigenvalue weighted by Gasteiger charge is -2.43. The predicted octanol–water partition coefficient (Wildman–Crippen LogP) is 3.23. The minimum absolute atomic E-state index is 0.119. The van der Waals surface area contributed by atoms with Gasteiger partial charge in [-0.3, -0.25) is 4.68 Å². The summed E-state index contributed by atoms with van der Waals surface area (Å²) >= 11 is 9.97. The van der Waals surface area contributed by atoms with Crippen molar-refractivity contribution in [2.75, 3.05) is 13.1 Å². The molecule has 2 aromatic rings. The van der Waals surface area contributed by atoms with Gasteiger partial charge in [0.1, 0.15) is 0 Å². The van der Waals surface area contributed by atoms with Crippen molar-refractivity contribution in [2.24, 2.45) is 7.05 Å². The molecule has 0 radical (unpaired) electrons. The third-order valence-corrected chi connectivity index (χ3v) is 5.12. The maximum absolute atomic E-state index is 6.41. The zero-order valence-corrected chi connectivity index (χ0v) is 13.9. The highest BCUT2D eigenvalue weighted by molar-refractivity contribution is 9.10. The molecular weight excluding hydrogens is 338 g/mol. The highest BCUT2D eigenvalue weighted by Gasteiger charge is 2.40. The fourth-order valence-electron chi connectivity index (χ4n) is 2.87. The number of nitrogens with one attached hydrogen (secondary N) is 1. The molecule has 2 heterocycles. The molecule has 3 nitrogen and oxygen atoms in total. The summed E-state index contributed by atoms with van der Waals surface area (Å²) < 4.78 is 3.03. The molecule has 1 aromatic heterocycles. The molecule has 0 bridgehead atoms. The Kier molecular flexibility index (Phi) is 3.65. The van der Waals surface area contributed by atoms with Crippen LogP contribution < -0.4 is 5.32 Å². The number of benzene rings is 1. The van der Waals surface area contributed by atoms with Gasteiger partial charge < -0.3 is 5.32 Å². The molecule has 1 aliphatic heterocycles. The summed E-state index contributed by atoms with van der Waals surface area (Å²) in [5.74, 6) is 0. The van der Waals surface area contributed by atoms with E-state index in [-0.39, 0.29) is 5.41 Å². The van der Waals surface area contributed by atoms with Crippen molar-refractivity contribution >= 4 is 27.5 Å². The number of nitrogens with zero attached hydrogens (tertiary/aromatic N) is 2. The van der Waals surface area contributed by atoms with Crippen LogP contribution in [0.5, 0.6) is 0 Å². The first-order valence-corrected chi connectivity index (χ1v) is 7.84. The lowest BCUT2D eigenvalue weighted by molar-refractivity contribution is 0.269. The van der Waals surface area contributed by atoms with Gasteiger partial charge >= 0.3 is 0 Å². The molecule has 0 saturated carbocycles. The van der Waals surface area contributed by atoms with E-state index < -0.39 is 0 Å². The smallest absolute Gasteiger partial charge is 0.0847 e. The summed E-state index contributed by atoms with van der Waals surface area (Å²) in [7, 11) is 1.97. The Hall–Kier alpha value is -0.840. The van der Waals surface area contributed by atoms with Gasteiger partial charge in [-0.05, 0) is 24.6 Å². The minimum Gasteiger partial charge on any atom is -0.315 e. The van der Waals surface area contributed by atoms with Crippen LogP contribution in [0.25, 0.3) is 0 Å². The fourth-order valence-corrected chi connectivity index (χ4v) is 3.50. The zero-order valence-electron chi connectivity index (χ0n) is 11.6. The number of aromatic nitrogens is 2. The van der Waals surface area contributed by atoms with Crippen LogP contribution in [-0.4, -0.2) is 22.9 Å². The molecule has 3 rings (SSSR count). The normalized spacial score (nSPS) is 17.0. The second kappa shape index (κ2) is 5.17. The lowest BCUT2D eigenvalue weighted by Crippen LogP contribution is -2.58. The van der Waals surface area contributed by atoms with Crippen LogP contribution in [0.4, 0.5) is 0 Å². The summed E-state index contributed by atoms with van der Waals surface area (Å²) in [6.45, 7) is 3.91. The molecule has 5 heteroatoms. The maximum atomic E-state index is 6.41. The third kappa shape index (κ3) is 2.30. The summed E-state index contributed by atoms with van der Waals surface area (Å²) in [5.41, 5.74) is 3.49. The van der Waals surface area contributed by atoms with Crippen molar-refractivity contribution in [1.29, 1.82) is 0 Å². The highest BCUT2D eigenvalue weighted by Crippen LogP contribution is 2.36. The van der Waals surface area contributed by atoms with E-state index in [0.29, 0.717) is 0 Å². The monoisotopic (exact) mass is 353 g/mol. The fraction of sp³-hybridized carbons (Fsp3) is 0.400. The number of hydrogen-bond donors (Lipinski definition) is 1. The summed E-state index contributed by atoms with van der Waals surface area (Å²) in [5, 5.41) is 8.62. The zero-order chi connectivity index (χ0) is 14.3. The topological polar surface area (TPSA) is 29.9 Å². The molecule has 1 fully saturated rings. The Bertz CT molecular complexity index is 647. The van der Waals surface area contributed by atoms with E-state index in [9.17, 15) is 0 Å². The van der Waals surface area contributed by atoms with E-state index in [1.807, 2.05) is 18.7 Å². The average Bonchev–Trinajstić information content (AvgIpc) is 2.59. The van der Waals surface area contributed by atoms with Crippen LogP contribution >= 0.6 is 27.5 Å². The molecule has 1 N–H and O–H groups in total. The summed E-state index contributed by atoms with van der Waals surface area (Å²) in [6.07, 6.45) is 0.909. The van der Waals surface area contributed by atoms with Gasteiger partial charge in [0.25, 0.3) is 0 Å². The molecule has 1 saturated heterocycles. The van der Waals surface area contributed by atoms with Gasteiger partial charge in [0.05, 0.1) is 16.4 Å². The van der Waals surface area contributed by atoms with Crippen molar-refractivity contribution in [3.63, 3.8) is 0 Å². The van der Waals surface area contributed by atoms with Gasteiger partial charge in [0.2, 0.25) is 0 Å². The highest BCUT2D eigenvalue weighted by atomic mass is 79.9. The Morgan fingerprint density at radius 1 is 1.45 bits per heavy atom. The first-order valence-electron chi connectivity index (χ1n) is 6.67. The minimum atomic E-state index is 0.119. The Morgan fingerprint density at radius 3 is 2.70 bits per heavy atom. The van der Waals surface area contributed by atoms with Gasteiger partial charge in [-0.1, -0.05) is 39.7 Å². The maximum Gasteiger partial charge on any atom is 0.0847 e. The second-order valence-electron chi connectivity index (χ2n) is 5.54. The van der Waals surface area contributed by atoms with Crippen LogP contribution in [-0.2, 0) is 18.9 Å². The van der Waals surface area contributed by atoms with Gasteiger partial charge in [-0.25, -0.2) is 0 Å². The average molecular weight is 355 g/mol. The number of hydrogen-bond acceptors (Lipinski definition) is 2. The molecule has 0 amide bonds. The molecular formula is C15H17BrClN3. The second-order valence-corrected chi connectivity index (χ2v) is 6.83. The van der Waals surface area contributed by atoms with E-state index in [4.69, 9.17) is 11.6 Å². The summed E-state index contributed by atoms with van der Waals surface area (Å²) in [6, 6.07) is 8.56. The Morgan fingerprint density at radius 2 is 2.20 bits per heavy atom. The molecule has 1 aromatic carbocycles. The van der Waals surface area contributed by atoms with Crippen molar-refractivity contribution in [3.05, 3.63) is 50.7 Å². The van der Waals surface area contributed by atoms with Gasteiger partial charge in [-0.2, -0.15) is 5.10 Å². The quantitative estimate of drug-likeness (QED) is 0.917. The lowest BCUT2D eigenvalue weighted by atomic mass is 9.72. The third-order valence-electron chi connectivity index (χ3n) is 4.13. The number of aryl methyl sites for hydroxylation is 2. The van der Waals surface area contributed by atoms with E-state index in [2.05, 4.69) is 50.6 Å². The van der Waals surface area contributed by atoms with E-state index in [1.165, 1.54) is 5.56 Å². The SMILES string of the molecule is Cc1nn(C)c(CC2(c3cccc(Br)c3)CNC2)c1Cl. The van der Waals surface area contributed by atoms with Gasteiger partial charge in [0.15, 0.2) is 0 Å². The number of rotatable bonds is 3. The first kappa shape index (κ1) is 14.1. The molecule has 0 spiro atoms. The Labute approximate surface area is 132 Å². The van der Waals surface area contributed by atoms with Crippen LogP contribution in [0.15, 0.2) is 28.7 Å². The van der Waals surface area contributed by atoms with Gasteiger partial charge in [0, 0.05) is 36.4 Å². The molecule has 0 aliphatic carbocycles. The van der Waals surface area contributed by atoms with Crippen molar-refractivity contribution < 1.29 is 0 Å². The van der Waals surface area contributed by atoms with E-state index in [1.54, 1.807) is 0 Å². The molecule has 106 valence electrons. The predicted molar refractivity (Wildman–Crippen MR) is 85.3 cm³/mol. The first-order chi connectivity index (χ1) is 9.52. The Balaban J connectivity index is 1.98. The van der Waals surface area contributed by atoms with Crippen molar-refractivity contribution in [1.82, 2.24) is 15.1 Å². The molecule has 0 unspecified atom stereocenters. The number of halogens is 2. The van der Waals surface area contributed by atoms with E-state index >= 15 is 0 Å². The van der Waals surface area contributed by atoms with Crippen molar-refractivity contribution in [3.8, 4) is 0 Å². The van der Waals surface area contributed by atoms with E-state index in [0.717, 1.165) is 40.4 Å². The summed E-state index contributed by atoms with van der Waals surface area (Å²) in [4.78, 5) is 0. The van der Waals surface area contributed by atoms with Crippen LogP contribution in [0, 0.1) is 6.92 Å². The largest absolute Gasteiger partial charge is 0.315 e. The standard InChI is InChI=1S/C15H17BrClN3/c1-10-14(17)13(20(2)19-10)7-15(8-18-9-15)11-4-3-5-12(16)6-11/h3-6,18H,7-9H2,1-2H3.